The van der Waals surface area contributed by atoms with Gasteiger partial charge in [-0.15, -0.1) is 11.3 Å². The highest BCUT2D eigenvalue weighted by Crippen LogP contribution is 2.66. The molecule has 24 aromatic rings. The van der Waals surface area contributed by atoms with E-state index in [2.05, 4.69) is 334 Å². The van der Waals surface area contributed by atoms with Crippen molar-refractivity contribution in [3.63, 3.8) is 0 Å². The Morgan fingerprint density at radius 2 is 0.562 bits per heavy atom. The Morgan fingerprint density at radius 3 is 1.08 bits per heavy atom. The van der Waals surface area contributed by atoms with Gasteiger partial charge in [0.15, 0.2) is 34.9 Å². The van der Waals surface area contributed by atoms with Crippen LogP contribution < -0.4 is 9.47 Å². The van der Waals surface area contributed by atoms with Crippen molar-refractivity contribution in [2.75, 3.05) is 0 Å². The summed E-state index contributed by atoms with van der Waals surface area (Å²) < 4.78 is 23.1. The molecule has 18 aromatic carbocycles. The van der Waals surface area contributed by atoms with Crippen molar-refractivity contribution in [2.24, 2.45) is 0 Å². The van der Waals surface area contributed by atoms with Crippen molar-refractivity contribution >= 4 is 96.8 Å². The molecule has 2 aliphatic heterocycles. The molecule has 0 radical (unpaired) electrons. The first kappa shape index (κ1) is 73.3. The zero-order chi connectivity index (χ0) is 85.3. The molecule has 0 unspecified atom stereocenters. The number of nitrogens with zero attached hydrogens (tertiary/aromatic N) is 8. The predicted octanol–water partition coefficient (Wildman–Crippen LogP) is 29.7. The van der Waals surface area contributed by atoms with Crippen molar-refractivity contribution < 1.29 is 13.9 Å². The number of para-hydroxylation sites is 5. The number of pyridine rings is 2. The van der Waals surface area contributed by atoms with Crippen LogP contribution in [0.15, 0.2) is 417 Å². The SMILES string of the molecule is c1ccc(-c2nc(-c3cccc(-c4nc5ccccc5c5c6c(ccc45)C4(c5ccccc5O6)c5ccccc5-c5ccccc54)c3)nc(-c3cccc4c3sc3ccccc34)n2)cc1.c1ccc(-c2nc(-c3cccc(-c4nc5ccccc5c5c6c(ccc45)C4(c5ccccc5O6)c5ccccc5-c5ccccc54)c3)nc(-c3cccc4oc5ccccc5c34)n2)cc1. The summed E-state index contributed by atoms with van der Waals surface area (Å²) in [5, 5.41) is 10.6. The minimum Gasteiger partial charge on any atom is -0.456 e. The molecule has 2 aliphatic carbocycles. The minimum atomic E-state index is -0.587. The summed E-state index contributed by atoms with van der Waals surface area (Å²) in [4.78, 5) is 42.0. The Bertz CT molecular complexity index is 8840. The number of benzene rings is 18. The molecule has 28 rings (SSSR count). The van der Waals surface area contributed by atoms with E-state index >= 15 is 0 Å². The second kappa shape index (κ2) is 28.7. The fourth-order valence-electron chi connectivity index (χ4n) is 21.3. The third kappa shape index (κ3) is 10.9. The second-order valence-corrected chi connectivity index (χ2v) is 34.7. The lowest BCUT2D eigenvalue weighted by Crippen LogP contribution is -2.32. The molecule has 130 heavy (non-hydrogen) atoms. The summed E-state index contributed by atoms with van der Waals surface area (Å²) in [6.45, 7) is 0. The molecule has 0 saturated carbocycles. The molecular weight excluding hydrogens is 1610 g/mol. The van der Waals surface area contributed by atoms with Crippen LogP contribution in [0.3, 0.4) is 0 Å². The first-order valence-electron chi connectivity index (χ1n) is 43.8. The molecule has 2 spiro atoms. The molecule has 0 saturated heterocycles. The number of ether oxygens (including phenoxy) is 2. The summed E-state index contributed by atoms with van der Waals surface area (Å²) in [6, 6.07) is 145. The van der Waals surface area contributed by atoms with Crippen molar-refractivity contribution in [2.45, 2.75) is 10.8 Å². The molecular formula is C118H68N8O3S. The predicted molar refractivity (Wildman–Crippen MR) is 524 cm³/mol. The average Bonchev–Trinajstić information content (AvgIpc) is 1.48. The van der Waals surface area contributed by atoms with Gasteiger partial charge in [0.2, 0.25) is 0 Å². The number of thiophene rings is 1. The lowest BCUT2D eigenvalue weighted by Gasteiger charge is -2.40. The van der Waals surface area contributed by atoms with Gasteiger partial charge in [-0.2, -0.15) is 0 Å². The van der Waals surface area contributed by atoms with E-state index in [1.54, 1.807) is 11.3 Å². The Labute approximate surface area is 749 Å². The maximum atomic E-state index is 7.21. The van der Waals surface area contributed by atoms with Gasteiger partial charge in [0.05, 0.1) is 33.3 Å². The molecule has 0 bridgehead atoms. The van der Waals surface area contributed by atoms with E-state index in [4.69, 9.17) is 53.8 Å². The van der Waals surface area contributed by atoms with Crippen LogP contribution in [0.25, 0.3) is 199 Å². The van der Waals surface area contributed by atoms with Gasteiger partial charge in [-0.25, -0.2) is 39.9 Å². The molecule has 0 atom stereocenters. The Morgan fingerprint density at radius 1 is 0.208 bits per heavy atom. The Kier molecular flexibility index (Phi) is 16.2. The van der Waals surface area contributed by atoms with Gasteiger partial charge in [0.1, 0.15) is 34.2 Å². The number of rotatable bonds is 8. The number of hydrogen-bond acceptors (Lipinski definition) is 12. The van der Waals surface area contributed by atoms with Crippen LogP contribution >= 0.6 is 11.3 Å². The van der Waals surface area contributed by atoms with E-state index in [0.29, 0.717) is 34.9 Å². The molecule has 0 amide bonds. The fourth-order valence-corrected chi connectivity index (χ4v) is 22.5. The quantitative estimate of drug-likeness (QED) is 0.135. The first-order valence-corrected chi connectivity index (χ1v) is 44.6. The monoisotopic (exact) mass is 1680 g/mol. The van der Waals surface area contributed by atoms with Gasteiger partial charge in [0, 0.05) is 130 Å². The summed E-state index contributed by atoms with van der Waals surface area (Å²) in [5.74, 6) is 6.97. The van der Waals surface area contributed by atoms with Crippen LogP contribution in [0.1, 0.15) is 44.5 Å². The largest absolute Gasteiger partial charge is 0.456 e. The summed E-state index contributed by atoms with van der Waals surface area (Å²) in [6.07, 6.45) is 0. The Balaban J connectivity index is 0.000000134. The van der Waals surface area contributed by atoms with Crippen LogP contribution in [-0.2, 0) is 10.8 Å². The van der Waals surface area contributed by atoms with Crippen molar-refractivity contribution in [3.8, 4) is 136 Å². The molecule has 604 valence electrons. The van der Waals surface area contributed by atoms with E-state index in [1.807, 2.05) is 78.9 Å². The summed E-state index contributed by atoms with van der Waals surface area (Å²) >= 11 is 1.77. The van der Waals surface area contributed by atoms with Gasteiger partial charge >= 0.3 is 0 Å². The third-order valence-corrected chi connectivity index (χ3v) is 28.0. The van der Waals surface area contributed by atoms with Gasteiger partial charge in [-0.05, 0) is 105 Å². The second-order valence-electron chi connectivity index (χ2n) is 33.6. The van der Waals surface area contributed by atoms with E-state index in [1.165, 1.54) is 60.0 Å². The van der Waals surface area contributed by atoms with Gasteiger partial charge in [-0.1, -0.05) is 352 Å². The normalized spacial score (nSPS) is 13.2. The Hall–Kier alpha value is -17.1. The van der Waals surface area contributed by atoms with Crippen LogP contribution in [0.5, 0.6) is 23.0 Å². The van der Waals surface area contributed by atoms with Crippen LogP contribution in [-0.4, -0.2) is 39.9 Å². The maximum absolute atomic E-state index is 7.21. The number of aromatic nitrogens is 8. The van der Waals surface area contributed by atoms with E-state index < -0.39 is 10.8 Å². The first-order chi connectivity index (χ1) is 64.4. The standard InChI is InChI=1S/C59H34N4O2.C59H34N4OS/c1-2-16-35(17-3-1)56-61-57(63-58(62-56)43-24-15-31-51-52(43)41-23-7-12-29-49(41)64-51)37-19-14-18-36(34-37)54-42-32-33-47-55(53(42)40-22-6-11-28-48(40)60-54)65-50-30-13-10-27-46(50)59(47)44-25-8-4-20-38(44)39-21-5-9-26-45(39)59;1-2-16-35(17-3-1)56-61-57(63-58(62-56)44-25-15-24-41-40-22-7-13-31-51(40)65-55(41)44)37-19-14-18-36(34-37)53-43-32-33-48-54(52(43)42-23-6-11-29-49(42)60-53)64-50-30-12-10-28-47(50)59(48)45-26-8-4-20-38(45)39-21-5-9-27-46(39)59/h2*1-34H. The van der Waals surface area contributed by atoms with Gasteiger partial charge < -0.3 is 13.9 Å². The number of fused-ring (bicyclic) bond motifs is 32. The maximum Gasteiger partial charge on any atom is 0.165 e. The average molecular weight is 1680 g/mol. The van der Waals surface area contributed by atoms with Crippen molar-refractivity contribution in [1.82, 2.24) is 39.9 Å². The zero-order valence-electron chi connectivity index (χ0n) is 69.5. The number of hydrogen-bond donors (Lipinski definition) is 0. The molecule has 0 fully saturated rings. The van der Waals surface area contributed by atoms with Gasteiger partial charge in [0.25, 0.3) is 0 Å². The molecule has 8 heterocycles. The molecule has 4 aliphatic rings. The highest BCUT2D eigenvalue weighted by Gasteiger charge is 2.53. The zero-order valence-corrected chi connectivity index (χ0v) is 70.3. The van der Waals surface area contributed by atoms with Crippen molar-refractivity contribution in [1.29, 1.82) is 0 Å². The molecule has 11 nitrogen and oxygen atoms in total. The lowest BCUT2D eigenvalue weighted by molar-refractivity contribution is 0.442. The lowest BCUT2D eigenvalue weighted by atomic mass is 9.65. The highest BCUT2D eigenvalue weighted by molar-refractivity contribution is 7.26. The highest BCUT2D eigenvalue weighted by atomic mass is 32.1. The minimum absolute atomic E-state index is 0.559. The molecule has 0 N–H and O–H groups in total. The third-order valence-electron chi connectivity index (χ3n) is 26.8. The van der Waals surface area contributed by atoms with Crippen LogP contribution in [0.2, 0.25) is 0 Å². The van der Waals surface area contributed by atoms with Crippen LogP contribution in [0, 0.1) is 0 Å². The summed E-state index contributed by atoms with van der Waals surface area (Å²) in [7, 11) is 0. The van der Waals surface area contributed by atoms with E-state index in [9.17, 15) is 0 Å². The fraction of sp³-hybridized carbons (Fsp3) is 0.0169. The van der Waals surface area contributed by atoms with Gasteiger partial charge in [-0.3, -0.25) is 0 Å². The number of furan rings is 1. The molecule has 12 heteroatoms. The van der Waals surface area contributed by atoms with E-state index in [0.717, 1.165) is 171 Å². The molecule has 6 aromatic heterocycles. The van der Waals surface area contributed by atoms with E-state index in [-0.39, 0.29) is 0 Å². The van der Waals surface area contributed by atoms with Crippen LogP contribution in [0.4, 0.5) is 0 Å². The van der Waals surface area contributed by atoms with Crippen molar-refractivity contribution in [3.05, 3.63) is 457 Å². The topological polar surface area (TPSA) is 135 Å². The summed E-state index contributed by atoms with van der Waals surface area (Å²) in [5.41, 5.74) is 25.8. The smallest absolute Gasteiger partial charge is 0.165 e.